The second-order valence-electron chi connectivity index (χ2n) is 6.89. The van der Waals surface area contributed by atoms with E-state index in [0.29, 0.717) is 21.8 Å². The van der Waals surface area contributed by atoms with Crippen LogP contribution in [0.2, 0.25) is 5.02 Å². The molecule has 29 heavy (non-hydrogen) atoms. The standard InChI is InChI=1S/C24H23ClN2O2/c1-16-8-6-7-11-20(16)17(2)26-15-23(28)27-22-13-12-19(25)14-21(22)24(29)18-9-4-3-5-10-18/h3-14,17,26H,15H2,1-2H3,(H,27,28)/t17-/m0/s1. The molecule has 0 aromatic heterocycles. The van der Waals surface area contributed by atoms with Crippen LogP contribution in [0.5, 0.6) is 0 Å². The first-order chi connectivity index (χ1) is 14.0. The summed E-state index contributed by atoms with van der Waals surface area (Å²) in [4.78, 5) is 25.4. The van der Waals surface area contributed by atoms with Crippen LogP contribution in [-0.4, -0.2) is 18.2 Å². The molecule has 0 radical (unpaired) electrons. The number of benzene rings is 3. The molecule has 0 unspecified atom stereocenters. The summed E-state index contributed by atoms with van der Waals surface area (Å²) in [7, 11) is 0. The van der Waals surface area contributed by atoms with E-state index in [9.17, 15) is 9.59 Å². The van der Waals surface area contributed by atoms with Crippen LogP contribution in [0.25, 0.3) is 0 Å². The second-order valence-corrected chi connectivity index (χ2v) is 7.33. The summed E-state index contributed by atoms with van der Waals surface area (Å²) >= 11 is 6.09. The van der Waals surface area contributed by atoms with Crippen molar-refractivity contribution in [3.63, 3.8) is 0 Å². The lowest BCUT2D eigenvalue weighted by atomic mass is 10.0. The van der Waals surface area contributed by atoms with Gasteiger partial charge in [-0.25, -0.2) is 0 Å². The molecule has 0 aliphatic rings. The van der Waals surface area contributed by atoms with Crippen molar-refractivity contribution in [3.8, 4) is 0 Å². The Hall–Kier alpha value is -2.95. The van der Waals surface area contributed by atoms with Crippen molar-refractivity contribution < 1.29 is 9.59 Å². The van der Waals surface area contributed by atoms with Gasteiger partial charge in [0.15, 0.2) is 5.78 Å². The van der Waals surface area contributed by atoms with Crippen LogP contribution < -0.4 is 10.6 Å². The second kappa shape index (κ2) is 9.50. The highest BCUT2D eigenvalue weighted by atomic mass is 35.5. The molecule has 3 rings (SSSR count). The third-order valence-electron chi connectivity index (χ3n) is 4.76. The Kier molecular flexibility index (Phi) is 6.81. The minimum absolute atomic E-state index is 0.0255. The molecule has 148 valence electrons. The van der Waals surface area contributed by atoms with Crippen LogP contribution in [0, 0.1) is 6.92 Å². The van der Waals surface area contributed by atoms with Crippen LogP contribution in [0.15, 0.2) is 72.8 Å². The molecular formula is C24H23ClN2O2. The highest BCUT2D eigenvalue weighted by molar-refractivity contribution is 6.31. The number of rotatable bonds is 7. The van der Waals surface area contributed by atoms with Crippen LogP contribution in [0.3, 0.4) is 0 Å². The van der Waals surface area contributed by atoms with E-state index < -0.39 is 0 Å². The molecule has 4 nitrogen and oxygen atoms in total. The van der Waals surface area contributed by atoms with Gasteiger partial charge in [-0.15, -0.1) is 0 Å². The monoisotopic (exact) mass is 406 g/mol. The molecule has 5 heteroatoms. The molecule has 0 aliphatic carbocycles. The van der Waals surface area contributed by atoms with E-state index in [4.69, 9.17) is 11.6 Å². The predicted octanol–water partition coefficient (Wildman–Crippen LogP) is 5.17. The van der Waals surface area contributed by atoms with Crippen LogP contribution in [-0.2, 0) is 4.79 Å². The highest BCUT2D eigenvalue weighted by Crippen LogP contribution is 2.24. The minimum atomic E-state index is -0.227. The third-order valence-corrected chi connectivity index (χ3v) is 5.00. The minimum Gasteiger partial charge on any atom is -0.324 e. The van der Waals surface area contributed by atoms with Crippen molar-refractivity contribution in [3.05, 3.63) is 100 Å². The van der Waals surface area contributed by atoms with Crippen molar-refractivity contribution >= 4 is 29.0 Å². The van der Waals surface area contributed by atoms with Gasteiger partial charge in [-0.2, -0.15) is 0 Å². The van der Waals surface area contributed by atoms with Gasteiger partial charge in [0.1, 0.15) is 0 Å². The van der Waals surface area contributed by atoms with Crippen LogP contribution in [0.1, 0.15) is 40.0 Å². The highest BCUT2D eigenvalue weighted by Gasteiger charge is 2.16. The maximum absolute atomic E-state index is 12.9. The molecule has 0 fully saturated rings. The fourth-order valence-corrected chi connectivity index (χ4v) is 3.35. The summed E-state index contributed by atoms with van der Waals surface area (Å²) in [6.07, 6.45) is 0. The van der Waals surface area contributed by atoms with Gasteiger partial charge >= 0.3 is 0 Å². The van der Waals surface area contributed by atoms with Crippen LogP contribution >= 0.6 is 11.6 Å². The molecule has 2 N–H and O–H groups in total. The van der Waals surface area contributed by atoms with Crippen LogP contribution in [0.4, 0.5) is 5.69 Å². The summed E-state index contributed by atoms with van der Waals surface area (Å²) in [6, 6.07) is 21.9. The quantitative estimate of drug-likeness (QED) is 0.532. The lowest BCUT2D eigenvalue weighted by molar-refractivity contribution is -0.115. The van der Waals surface area contributed by atoms with Gasteiger partial charge < -0.3 is 10.6 Å². The molecule has 0 bridgehead atoms. The summed E-state index contributed by atoms with van der Waals surface area (Å²) in [5.74, 6) is -0.417. The lowest BCUT2D eigenvalue weighted by Gasteiger charge is -2.17. The number of aryl methyl sites for hydroxylation is 1. The average molecular weight is 407 g/mol. The van der Waals surface area contributed by atoms with E-state index in [0.717, 1.165) is 5.56 Å². The predicted molar refractivity (Wildman–Crippen MR) is 118 cm³/mol. The molecule has 1 atom stereocenters. The Morgan fingerprint density at radius 1 is 0.966 bits per heavy atom. The van der Waals surface area contributed by atoms with Gasteiger partial charge in [-0.3, -0.25) is 9.59 Å². The van der Waals surface area contributed by atoms with Gasteiger partial charge in [-0.1, -0.05) is 66.2 Å². The Bertz CT molecular complexity index is 1020. The summed E-state index contributed by atoms with van der Waals surface area (Å²) in [6.45, 7) is 4.18. The fraction of sp³-hybridized carbons (Fsp3) is 0.167. The molecule has 0 heterocycles. The maximum atomic E-state index is 12.9. The summed E-state index contributed by atoms with van der Waals surface area (Å²) < 4.78 is 0. The number of nitrogens with one attached hydrogen (secondary N) is 2. The molecule has 0 spiro atoms. The smallest absolute Gasteiger partial charge is 0.238 e. The number of carbonyl (C=O) groups is 2. The van der Waals surface area contributed by atoms with Gasteiger partial charge in [0.2, 0.25) is 5.91 Å². The first-order valence-electron chi connectivity index (χ1n) is 9.44. The number of amides is 1. The largest absolute Gasteiger partial charge is 0.324 e. The molecule has 0 saturated heterocycles. The molecule has 3 aromatic carbocycles. The van der Waals surface area contributed by atoms with E-state index in [1.807, 2.05) is 44.2 Å². The molecule has 0 saturated carbocycles. The summed E-state index contributed by atoms with van der Waals surface area (Å²) in [5, 5.41) is 6.50. The number of hydrogen-bond acceptors (Lipinski definition) is 3. The number of ketones is 1. The molecule has 1 amide bonds. The number of anilines is 1. The van der Waals surface area contributed by atoms with Gasteiger partial charge in [0.05, 0.1) is 12.2 Å². The van der Waals surface area contributed by atoms with Crippen molar-refractivity contribution in [1.29, 1.82) is 0 Å². The lowest BCUT2D eigenvalue weighted by Crippen LogP contribution is -2.30. The van der Waals surface area contributed by atoms with E-state index >= 15 is 0 Å². The Balaban J connectivity index is 1.71. The van der Waals surface area contributed by atoms with Crippen molar-refractivity contribution in [2.24, 2.45) is 0 Å². The summed E-state index contributed by atoms with van der Waals surface area (Å²) in [5.41, 5.74) is 3.66. The van der Waals surface area contributed by atoms with Crippen molar-refractivity contribution in [1.82, 2.24) is 5.32 Å². The first-order valence-corrected chi connectivity index (χ1v) is 9.81. The van der Waals surface area contributed by atoms with Crippen molar-refractivity contribution in [2.75, 3.05) is 11.9 Å². The van der Waals surface area contributed by atoms with E-state index in [2.05, 4.69) is 10.6 Å². The maximum Gasteiger partial charge on any atom is 0.238 e. The first kappa shape index (κ1) is 20.8. The van der Waals surface area contributed by atoms with E-state index in [1.54, 1.807) is 42.5 Å². The van der Waals surface area contributed by atoms with E-state index in [-0.39, 0.29) is 24.3 Å². The molecule has 3 aromatic rings. The number of halogens is 1. The third kappa shape index (κ3) is 5.31. The molecule has 0 aliphatic heterocycles. The van der Waals surface area contributed by atoms with Gasteiger partial charge in [-0.05, 0) is 43.2 Å². The van der Waals surface area contributed by atoms with Gasteiger partial charge in [0.25, 0.3) is 0 Å². The van der Waals surface area contributed by atoms with Gasteiger partial charge in [0, 0.05) is 22.2 Å². The Morgan fingerprint density at radius 2 is 1.66 bits per heavy atom. The zero-order valence-electron chi connectivity index (χ0n) is 16.4. The van der Waals surface area contributed by atoms with E-state index in [1.165, 1.54) is 5.56 Å². The zero-order valence-corrected chi connectivity index (χ0v) is 17.2. The Labute approximate surface area is 175 Å². The number of hydrogen-bond donors (Lipinski definition) is 2. The number of carbonyl (C=O) groups excluding carboxylic acids is 2. The Morgan fingerprint density at radius 3 is 2.38 bits per heavy atom. The van der Waals surface area contributed by atoms with Crippen molar-refractivity contribution in [2.45, 2.75) is 19.9 Å². The normalized spacial score (nSPS) is 11.7. The average Bonchev–Trinajstić information content (AvgIpc) is 2.73. The molecular weight excluding hydrogens is 384 g/mol. The fourth-order valence-electron chi connectivity index (χ4n) is 3.18. The zero-order chi connectivity index (χ0) is 20.8. The SMILES string of the molecule is Cc1ccccc1[C@H](C)NCC(=O)Nc1ccc(Cl)cc1C(=O)c1ccccc1. The topological polar surface area (TPSA) is 58.2 Å².